The second-order valence-electron chi connectivity index (χ2n) is 10.0. The summed E-state index contributed by atoms with van der Waals surface area (Å²) in [5.41, 5.74) is 2.30. The van der Waals surface area contributed by atoms with E-state index in [9.17, 15) is 26.2 Å². The maximum Gasteiger partial charge on any atom is 0.303 e. The van der Waals surface area contributed by atoms with Crippen molar-refractivity contribution >= 4 is 53.8 Å². The van der Waals surface area contributed by atoms with E-state index in [0.717, 1.165) is 12.1 Å². The molecule has 3 N–H and O–H groups in total. The van der Waals surface area contributed by atoms with E-state index in [0.29, 0.717) is 77.6 Å². The van der Waals surface area contributed by atoms with Gasteiger partial charge in [0.25, 0.3) is 20.2 Å². The smallest absolute Gasteiger partial charge is 0.303 e. The van der Waals surface area contributed by atoms with Crippen LogP contribution in [0.3, 0.4) is 0 Å². The first-order valence-electron chi connectivity index (χ1n) is 13.6. The molecule has 0 saturated carbocycles. The van der Waals surface area contributed by atoms with Gasteiger partial charge in [0.05, 0.1) is 16.0 Å². The highest BCUT2D eigenvalue weighted by atomic mass is 32.2. The lowest BCUT2D eigenvalue weighted by molar-refractivity contribution is -0.137. The highest BCUT2D eigenvalue weighted by Crippen LogP contribution is 2.32. The molecule has 1 aliphatic carbocycles. The summed E-state index contributed by atoms with van der Waals surface area (Å²) in [7, 11) is -8.52. The number of carboxylic acids is 1. The Bertz CT molecular complexity index is 1850. The van der Waals surface area contributed by atoms with Crippen LogP contribution in [0.5, 0.6) is 0 Å². The highest BCUT2D eigenvalue weighted by Gasteiger charge is 2.19. The van der Waals surface area contributed by atoms with Crippen molar-refractivity contribution in [2.75, 3.05) is 30.3 Å². The summed E-state index contributed by atoms with van der Waals surface area (Å²) in [5.74, 6) is -0.786. The molecule has 0 amide bonds. The topological polar surface area (TPSA) is 188 Å². The van der Waals surface area contributed by atoms with Crippen LogP contribution in [0.1, 0.15) is 45.4 Å². The molecule has 0 unspecified atom stereocenters. The molecule has 1 heterocycles. The van der Waals surface area contributed by atoms with Crippen molar-refractivity contribution in [3.8, 4) is 11.5 Å². The minimum absolute atomic E-state index is 0.0758. The molecular formula is C28H33N3O9S2. The molecule has 1 aliphatic heterocycles. The summed E-state index contributed by atoms with van der Waals surface area (Å²) in [6.07, 6.45) is 2.96. The van der Waals surface area contributed by atoms with Crippen LogP contribution in [0.15, 0.2) is 56.8 Å². The quantitative estimate of drug-likeness (QED) is 0.0787. The molecule has 0 saturated heterocycles. The van der Waals surface area contributed by atoms with Gasteiger partial charge in [0.2, 0.25) is 0 Å². The summed E-state index contributed by atoms with van der Waals surface area (Å²) in [6, 6.07) is 11.3. The molecule has 0 atom stereocenters. The lowest BCUT2D eigenvalue weighted by atomic mass is 10.0. The highest BCUT2D eigenvalue weighted by molar-refractivity contribution is 7.86. The zero-order chi connectivity index (χ0) is 30.5. The van der Waals surface area contributed by atoms with Crippen molar-refractivity contribution < 1.29 is 40.3 Å². The van der Waals surface area contributed by atoms with E-state index in [-0.39, 0.29) is 23.5 Å². The predicted molar refractivity (Wildman–Crippen MR) is 158 cm³/mol. The van der Waals surface area contributed by atoms with E-state index in [1.54, 1.807) is 18.2 Å². The van der Waals surface area contributed by atoms with Gasteiger partial charge in [-0.3, -0.25) is 18.9 Å². The Morgan fingerprint density at radius 2 is 1.74 bits per heavy atom. The van der Waals surface area contributed by atoms with Crippen molar-refractivity contribution in [3.63, 3.8) is 0 Å². The first kappa shape index (κ1) is 31.3. The van der Waals surface area contributed by atoms with Crippen molar-refractivity contribution in [2.24, 2.45) is 4.99 Å². The van der Waals surface area contributed by atoms with Gasteiger partial charge in [-0.15, -0.1) is 0 Å². The minimum Gasteiger partial charge on any atom is -0.481 e. The molecule has 0 aromatic heterocycles. The van der Waals surface area contributed by atoms with Crippen LogP contribution in [0.4, 0.5) is 5.69 Å². The van der Waals surface area contributed by atoms with E-state index in [4.69, 9.17) is 19.1 Å². The van der Waals surface area contributed by atoms with Crippen LogP contribution < -0.4 is 10.3 Å². The molecule has 0 radical (unpaired) electrons. The molecule has 12 nitrogen and oxygen atoms in total. The Kier molecular flexibility index (Phi) is 9.82. The van der Waals surface area contributed by atoms with Crippen molar-refractivity contribution in [1.82, 2.24) is 4.98 Å². The normalized spacial score (nSPS) is 12.9. The zero-order valence-electron chi connectivity index (χ0n) is 23.1. The third kappa shape index (κ3) is 8.03. The van der Waals surface area contributed by atoms with Crippen LogP contribution >= 0.6 is 0 Å². The van der Waals surface area contributed by atoms with Crippen LogP contribution in [0, 0.1) is 0 Å². The third-order valence-corrected chi connectivity index (χ3v) is 8.39. The van der Waals surface area contributed by atoms with Gasteiger partial charge in [-0.1, -0.05) is 19.4 Å². The van der Waals surface area contributed by atoms with Crippen LogP contribution in [-0.2, 0) is 25.0 Å². The van der Waals surface area contributed by atoms with Gasteiger partial charge in [0, 0.05) is 54.6 Å². The number of aliphatic carboxylic acids is 1. The lowest BCUT2D eigenvalue weighted by Crippen LogP contribution is -2.26. The van der Waals surface area contributed by atoms with Gasteiger partial charge < -0.3 is 14.4 Å². The molecule has 0 bridgehead atoms. The fourth-order valence-electron chi connectivity index (χ4n) is 4.78. The predicted octanol–water partition coefficient (Wildman–Crippen LogP) is 4.37. The van der Waals surface area contributed by atoms with Crippen molar-refractivity contribution in [1.29, 1.82) is 0 Å². The summed E-state index contributed by atoms with van der Waals surface area (Å²) < 4.78 is 71.1. The number of hydrogen-bond acceptors (Lipinski definition) is 9. The number of hydrogen-bond donors (Lipinski definition) is 3. The average Bonchev–Trinajstić information content (AvgIpc) is 2.91. The molecule has 0 spiro atoms. The number of aromatic nitrogens is 1. The van der Waals surface area contributed by atoms with E-state index in [1.165, 1.54) is 12.1 Å². The molecule has 2 aromatic carbocycles. The van der Waals surface area contributed by atoms with Gasteiger partial charge in [-0.05, 0) is 49.9 Å². The largest absolute Gasteiger partial charge is 0.481 e. The Morgan fingerprint density at radius 3 is 2.43 bits per heavy atom. The number of carbonyl (C=O) groups is 1. The van der Waals surface area contributed by atoms with E-state index in [1.807, 2.05) is 24.0 Å². The fourth-order valence-corrected chi connectivity index (χ4v) is 5.78. The van der Waals surface area contributed by atoms with Crippen molar-refractivity contribution in [2.45, 2.75) is 50.3 Å². The molecule has 2 aromatic rings. The van der Waals surface area contributed by atoms with Gasteiger partial charge >= 0.3 is 5.97 Å². The Morgan fingerprint density at radius 1 is 0.952 bits per heavy atom. The van der Waals surface area contributed by atoms with E-state index < -0.39 is 26.2 Å². The standard InChI is InChI=1S/C28H33N3O9S2/c1-2-13-31(14-6-15-41(34,35)36)19-8-11-23-25(16-19)40-26-18-24(29-12-5-3-4-7-27(32)33)22-17-20(42(37,38)39)9-10-21(22)28(26)30-23/h8-11,16-18H,2-7,12-15H2,1H3,(H,32,33)(H,34,35,36)(H,37,38,39). The molecule has 226 valence electrons. The molecule has 0 fully saturated rings. The summed E-state index contributed by atoms with van der Waals surface area (Å²) in [6.45, 7) is 3.45. The molecule has 2 aliphatic rings. The Balaban J connectivity index is 1.78. The van der Waals surface area contributed by atoms with Crippen LogP contribution in [-0.4, -0.2) is 67.4 Å². The summed E-state index contributed by atoms with van der Waals surface area (Å²) in [5, 5.41) is 10.3. The fraction of sp³-hybridized carbons (Fsp3) is 0.393. The SMILES string of the molecule is CCCN(CCCS(=O)(=O)O)c1ccc2nc3c4ccc(S(=O)(=O)O)cc4c(=NCCCCCC(=O)O)cc-3oc2c1. The van der Waals surface area contributed by atoms with E-state index in [2.05, 4.69) is 4.99 Å². The first-order valence-corrected chi connectivity index (χ1v) is 16.6. The first-order chi connectivity index (χ1) is 19.9. The number of anilines is 1. The van der Waals surface area contributed by atoms with Gasteiger partial charge in [0.1, 0.15) is 11.2 Å². The Labute approximate surface area is 243 Å². The second-order valence-corrected chi connectivity index (χ2v) is 13.0. The second kappa shape index (κ2) is 13.2. The number of nitrogens with zero attached hydrogens (tertiary/aromatic N) is 3. The maximum absolute atomic E-state index is 11.9. The third-order valence-electron chi connectivity index (χ3n) is 6.74. The number of unbranched alkanes of at least 4 members (excludes halogenated alkanes) is 2. The molecule has 14 heteroatoms. The number of rotatable bonds is 14. The summed E-state index contributed by atoms with van der Waals surface area (Å²) in [4.78, 5) is 21.9. The zero-order valence-corrected chi connectivity index (χ0v) is 24.7. The van der Waals surface area contributed by atoms with Crippen LogP contribution in [0.25, 0.3) is 33.3 Å². The molecular weight excluding hydrogens is 586 g/mol. The van der Waals surface area contributed by atoms with Crippen LogP contribution in [0.2, 0.25) is 0 Å². The number of carboxylic acid groups (broad SMARTS) is 1. The minimum atomic E-state index is -4.47. The number of fused-ring (bicyclic) bond motifs is 4. The lowest BCUT2D eigenvalue weighted by Gasteiger charge is -2.24. The van der Waals surface area contributed by atoms with Gasteiger partial charge in [0.15, 0.2) is 11.3 Å². The molecule has 42 heavy (non-hydrogen) atoms. The maximum atomic E-state index is 11.9. The van der Waals surface area contributed by atoms with Gasteiger partial charge in [-0.25, -0.2) is 4.98 Å². The van der Waals surface area contributed by atoms with Crippen molar-refractivity contribution in [3.05, 3.63) is 47.8 Å². The van der Waals surface area contributed by atoms with Gasteiger partial charge in [-0.2, -0.15) is 16.8 Å². The monoisotopic (exact) mass is 619 g/mol. The average molecular weight is 620 g/mol. The molecule has 4 rings (SSSR count). The summed E-state index contributed by atoms with van der Waals surface area (Å²) >= 11 is 0. The Hall–Kier alpha value is -3.59. The van der Waals surface area contributed by atoms with E-state index >= 15 is 0 Å². The number of benzene rings is 3.